The highest BCUT2D eigenvalue weighted by molar-refractivity contribution is 6.42. The fourth-order valence-corrected chi connectivity index (χ4v) is 1.83. The Bertz CT molecular complexity index is 590. The van der Waals surface area contributed by atoms with Gasteiger partial charge in [0.2, 0.25) is 0 Å². The summed E-state index contributed by atoms with van der Waals surface area (Å²) in [6, 6.07) is 7.16. The Hall–Kier alpha value is -1.25. The zero-order valence-electron chi connectivity index (χ0n) is 8.55. The highest BCUT2D eigenvalue weighted by atomic mass is 35.5. The minimum atomic E-state index is -0.0939. The molecule has 1 aromatic heterocycles. The summed E-state index contributed by atoms with van der Waals surface area (Å²) in [7, 11) is 0. The van der Waals surface area contributed by atoms with Gasteiger partial charge in [0, 0.05) is 11.8 Å². The summed E-state index contributed by atoms with van der Waals surface area (Å²) in [5.41, 5.74) is 2.32. The van der Waals surface area contributed by atoms with Crippen molar-refractivity contribution in [2.75, 3.05) is 0 Å². The summed E-state index contributed by atoms with van der Waals surface area (Å²) in [5.74, 6) is 0. The second-order valence-corrected chi connectivity index (χ2v) is 4.29. The predicted octanol–water partition coefficient (Wildman–Crippen LogP) is 3.66. The van der Waals surface area contributed by atoms with E-state index in [1.165, 1.54) is 0 Å². The molecule has 0 aliphatic carbocycles. The van der Waals surface area contributed by atoms with E-state index in [1.807, 2.05) is 12.1 Å². The van der Waals surface area contributed by atoms with Crippen molar-refractivity contribution in [1.29, 1.82) is 0 Å². The van der Waals surface area contributed by atoms with Crippen LogP contribution >= 0.6 is 23.2 Å². The number of rotatable bonds is 1. The summed E-state index contributed by atoms with van der Waals surface area (Å²) in [5, 5.41) is 0.992. The topological polar surface area (TPSA) is 32.9 Å². The Kier molecular flexibility index (Phi) is 3.03. The number of H-pyrrole nitrogens is 1. The van der Waals surface area contributed by atoms with E-state index in [-0.39, 0.29) is 5.56 Å². The maximum absolute atomic E-state index is 11.5. The highest BCUT2D eigenvalue weighted by Crippen LogP contribution is 2.28. The van der Waals surface area contributed by atoms with Crippen LogP contribution in [0.4, 0.5) is 0 Å². The van der Waals surface area contributed by atoms with E-state index in [0.717, 1.165) is 11.1 Å². The third-order valence-corrected chi connectivity index (χ3v) is 3.18. The summed E-state index contributed by atoms with van der Waals surface area (Å²) >= 11 is 11.8. The first-order valence-electron chi connectivity index (χ1n) is 4.73. The molecule has 1 heterocycles. The molecule has 1 aromatic carbocycles. The molecule has 82 valence electrons. The fourth-order valence-electron chi connectivity index (χ4n) is 1.53. The molecule has 0 atom stereocenters. The molecule has 0 aliphatic rings. The van der Waals surface area contributed by atoms with Crippen molar-refractivity contribution in [2.45, 2.75) is 6.92 Å². The van der Waals surface area contributed by atoms with Crippen LogP contribution in [0.1, 0.15) is 5.56 Å². The molecular weight excluding hydrogens is 245 g/mol. The van der Waals surface area contributed by atoms with Crippen molar-refractivity contribution in [1.82, 2.24) is 4.98 Å². The summed E-state index contributed by atoms with van der Waals surface area (Å²) < 4.78 is 0. The maximum Gasteiger partial charge on any atom is 0.251 e. The Morgan fingerprint density at radius 3 is 2.56 bits per heavy atom. The number of pyridine rings is 1. The van der Waals surface area contributed by atoms with Gasteiger partial charge < -0.3 is 4.98 Å². The summed E-state index contributed by atoms with van der Waals surface area (Å²) in [6.45, 7) is 1.77. The maximum atomic E-state index is 11.5. The first-order chi connectivity index (χ1) is 7.59. The third kappa shape index (κ3) is 1.99. The van der Waals surface area contributed by atoms with Crippen LogP contribution in [-0.2, 0) is 0 Å². The van der Waals surface area contributed by atoms with Gasteiger partial charge in [-0.3, -0.25) is 4.79 Å². The van der Waals surface area contributed by atoms with E-state index >= 15 is 0 Å². The van der Waals surface area contributed by atoms with Gasteiger partial charge in [0.05, 0.1) is 10.0 Å². The smallest absolute Gasteiger partial charge is 0.251 e. The minimum absolute atomic E-state index is 0.0939. The molecule has 0 fully saturated rings. The largest absolute Gasteiger partial charge is 0.329 e. The Labute approximate surface area is 103 Å². The SMILES string of the molecule is Cc1c(-c2ccc(Cl)c(Cl)c2)cc[nH]c1=O. The van der Waals surface area contributed by atoms with Crippen molar-refractivity contribution in [3.8, 4) is 11.1 Å². The molecule has 0 unspecified atom stereocenters. The average Bonchev–Trinajstić information content (AvgIpc) is 2.26. The lowest BCUT2D eigenvalue weighted by Crippen LogP contribution is -2.09. The molecule has 2 aromatic rings. The molecule has 0 amide bonds. The lowest BCUT2D eigenvalue weighted by molar-refractivity contribution is 1.18. The van der Waals surface area contributed by atoms with Crippen LogP contribution in [0.25, 0.3) is 11.1 Å². The first-order valence-corrected chi connectivity index (χ1v) is 5.49. The van der Waals surface area contributed by atoms with Crippen LogP contribution in [0.5, 0.6) is 0 Å². The Morgan fingerprint density at radius 2 is 1.88 bits per heavy atom. The van der Waals surface area contributed by atoms with Gasteiger partial charge in [0.15, 0.2) is 0 Å². The van der Waals surface area contributed by atoms with Crippen molar-refractivity contribution in [3.63, 3.8) is 0 Å². The molecule has 2 nitrogen and oxygen atoms in total. The van der Waals surface area contributed by atoms with E-state index in [1.54, 1.807) is 25.3 Å². The summed E-state index contributed by atoms with van der Waals surface area (Å²) in [4.78, 5) is 14.1. The molecule has 2 rings (SSSR count). The monoisotopic (exact) mass is 253 g/mol. The molecule has 0 aliphatic heterocycles. The van der Waals surface area contributed by atoms with Gasteiger partial charge in [0.1, 0.15) is 0 Å². The van der Waals surface area contributed by atoms with Crippen LogP contribution < -0.4 is 5.56 Å². The van der Waals surface area contributed by atoms with E-state index in [9.17, 15) is 4.79 Å². The number of aromatic amines is 1. The summed E-state index contributed by atoms with van der Waals surface area (Å²) in [6.07, 6.45) is 1.62. The molecule has 0 radical (unpaired) electrons. The average molecular weight is 254 g/mol. The van der Waals surface area contributed by atoms with Gasteiger partial charge in [-0.1, -0.05) is 29.3 Å². The van der Waals surface area contributed by atoms with Gasteiger partial charge in [-0.15, -0.1) is 0 Å². The molecule has 0 spiro atoms. The fraction of sp³-hybridized carbons (Fsp3) is 0.0833. The van der Waals surface area contributed by atoms with Gasteiger partial charge >= 0.3 is 0 Å². The molecule has 16 heavy (non-hydrogen) atoms. The Balaban J connectivity index is 2.63. The van der Waals surface area contributed by atoms with E-state index in [0.29, 0.717) is 15.6 Å². The normalized spacial score (nSPS) is 10.4. The van der Waals surface area contributed by atoms with Crippen LogP contribution in [-0.4, -0.2) is 4.98 Å². The number of halogens is 2. The molecule has 4 heteroatoms. The lowest BCUT2D eigenvalue weighted by Gasteiger charge is -2.05. The standard InChI is InChI=1S/C12H9Cl2NO/c1-7-9(4-5-15-12(7)16)8-2-3-10(13)11(14)6-8/h2-6H,1H3,(H,15,16). The van der Waals surface area contributed by atoms with Gasteiger partial charge in [0.25, 0.3) is 5.56 Å². The van der Waals surface area contributed by atoms with Crippen LogP contribution in [0.3, 0.4) is 0 Å². The number of nitrogens with one attached hydrogen (secondary N) is 1. The number of hydrogen-bond donors (Lipinski definition) is 1. The van der Waals surface area contributed by atoms with Crippen molar-refractivity contribution in [3.05, 3.63) is 56.4 Å². The lowest BCUT2D eigenvalue weighted by atomic mass is 10.0. The number of benzene rings is 1. The molecule has 0 saturated heterocycles. The quantitative estimate of drug-likeness (QED) is 0.827. The van der Waals surface area contributed by atoms with Gasteiger partial charge in [-0.05, 0) is 36.2 Å². The van der Waals surface area contributed by atoms with Crippen molar-refractivity contribution >= 4 is 23.2 Å². The molecule has 1 N–H and O–H groups in total. The van der Waals surface area contributed by atoms with E-state index in [4.69, 9.17) is 23.2 Å². The van der Waals surface area contributed by atoms with Gasteiger partial charge in [-0.25, -0.2) is 0 Å². The zero-order valence-corrected chi connectivity index (χ0v) is 10.1. The third-order valence-electron chi connectivity index (χ3n) is 2.44. The highest BCUT2D eigenvalue weighted by Gasteiger charge is 2.06. The Morgan fingerprint density at radius 1 is 1.12 bits per heavy atom. The second kappa shape index (κ2) is 4.32. The zero-order chi connectivity index (χ0) is 11.7. The minimum Gasteiger partial charge on any atom is -0.329 e. The van der Waals surface area contributed by atoms with Crippen LogP contribution in [0.15, 0.2) is 35.3 Å². The van der Waals surface area contributed by atoms with Crippen molar-refractivity contribution < 1.29 is 0 Å². The number of aromatic nitrogens is 1. The van der Waals surface area contributed by atoms with Crippen LogP contribution in [0.2, 0.25) is 10.0 Å². The molecular formula is C12H9Cl2NO. The van der Waals surface area contributed by atoms with E-state index in [2.05, 4.69) is 4.98 Å². The van der Waals surface area contributed by atoms with Crippen LogP contribution in [0, 0.1) is 6.92 Å². The molecule has 0 bridgehead atoms. The molecule has 0 saturated carbocycles. The first kappa shape index (κ1) is 11.2. The number of hydrogen-bond acceptors (Lipinski definition) is 1. The second-order valence-electron chi connectivity index (χ2n) is 3.47. The van der Waals surface area contributed by atoms with Crippen molar-refractivity contribution in [2.24, 2.45) is 0 Å². The van der Waals surface area contributed by atoms with E-state index < -0.39 is 0 Å². The van der Waals surface area contributed by atoms with Gasteiger partial charge in [-0.2, -0.15) is 0 Å². The predicted molar refractivity (Wildman–Crippen MR) is 67.3 cm³/mol.